The normalized spacial score (nSPS) is 12.2. The summed E-state index contributed by atoms with van der Waals surface area (Å²) in [5, 5.41) is 9.34. The summed E-state index contributed by atoms with van der Waals surface area (Å²) in [6.45, 7) is 7.62. The maximum absolute atomic E-state index is 12.9. The van der Waals surface area contributed by atoms with E-state index in [1.54, 1.807) is 22.9 Å². The molecule has 0 radical (unpaired) electrons. The Morgan fingerprint density at radius 3 is 2.37 bits per heavy atom. The zero-order valence-electron chi connectivity index (χ0n) is 15.9. The van der Waals surface area contributed by atoms with Gasteiger partial charge < -0.3 is 5.32 Å². The lowest BCUT2D eigenvalue weighted by Gasteiger charge is -2.20. The van der Waals surface area contributed by atoms with Crippen LogP contribution in [0.4, 0.5) is 0 Å². The van der Waals surface area contributed by atoms with Gasteiger partial charge in [-0.2, -0.15) is 5.10 Å². The van der Waals surface area contributed by atoms with Crippen molar-refractivity contribution in [1.82, 2.24) is 15.1 Å². The number of aromatic nitrogens is 2. The quantitative estimate of drug-likeness (QED) is 0.513. The highest BCUT2D eigenvalue weighted by molar-refractivity contribution is 7.10. The first-order valence-electron chi connectivity index (χ1n) is 8.90. The van der Waals surface area contributed by atoms with Gasteiger partial charge in [0.05, 0.1) is 28.7 Å². The third kappa shape index (κ3) is 3.85. The highest BCUT2D eigenvalue weighted by Gasteiger charge is 2.28. The fourth-order valence-electron chi connectivity index (χ4n) is 3.15. The minimum Gasteiger partial charge on any atom is -0.341 e. The molecule has 2 aromatic heterocycles. The summed E-state index contributed by atoms with van der Waals surface area (Å²) in [4.78, 5) is 26.6. The molecular formula is C21H23N3O2S. The van der Waals surface area contributed by atoms with Crippen molar-refractivity contribution < 1.29 is 9.59 Å². The number of Topliss-reactive ketones (excluding diaryl/α,β-unsaturated/α-hetero) is 1. The summed E-state index contributed by atoms with van der Waals surface area (Å²) < 4.78 is 1.70. The van der Waals surface area contributed by atoms with Crippen LogP contribution in [-0.2, 0) is 4.79 Å². The van der Waals surface area contributed by atoms with Crippen molar-refractivity contribution in [3.8, 4) is 5.69 Å². The average molecular weight is 382 g/mol. The first kappa shape index (κ1) is 19.0. The van der Waals surface area contributed by atoms with E-state index in [9.17, 15) is 9.59 Å². The molecule has 0 fully saturated rings. The van der Waals surface area contributed by atoms with Gasteiger partial charge in [0.15, 0.2) is 0 Å². The number of rotatable bonds is 6. The van der Waals surface area contributed by atoms with E-state index < -0.39 is 11.7 Å². The molecule has 140 valence electrons. The zero-order chi connectivity index (χ0) is 19.6. The molecule has 5 nitrogen and oxygen atoms in total. The lowest BCUT2D eigenvalue weighted by atomic mass is 10.0. The Morgan fingerprint density at radius 2 is 1.78 bits per heavy atom. The van der Waals surface area contributed by atoms with Crippen LogP contribution in [0.1, 0.15) is 46.5 Å². The van der Waals surface area contributed by atoms with Crippen molar-refractivity contribution in [2.45, 2.75) is 33.7 Å². The van der Waals surface area contributed by atoms with Crippen LogP contribution in [0.25, 0.3) is 5.69 Å². The number of amides is 1. The minimum atomic E-state index is -0.596. The third-order valence-corrected chi connectivity index (χ3v) is 5.48. The van der Waals surface area contributed by atoms with Crippen LogP contribution in [0.3, 0.4) is 0 Å². The van der Waals surface area contributed by atoms with Crippen LogP contribution in [0.15, 0.2) is 47.8 Å². The second-order valence-corrected chi connectivity index (χ2v) is 7.81. The smallest absolute Gasteiger partial charge is 0.293 e. The Kier molecular flexibility index (Phi) is 5.56. The maximum atomic E-state index is 12.9. The predicted molar refractivity (Wildman–Crippen MR) is 107 cm³/mol. The Balaban J connectivity index is 1.87. The Morgan fingerprint density at radius 1 is 1.07 bits per heavy atom. The molecule has 0 bridgehead atoms. The highest BCUT2D eigenvalue weighted by Crippen LogP contribution is 2.26. The van der Waals surface area contributed by atoms with Gasteiger partial charge in [-0.1, -0.05) is 38.1 Å². The van der Waals surface area contributed by atoms with Gasteiger partial charge in [0.25, 0.3) is 11.7 Å². The number of ketones is 1. The molecule has 0 saturated carbocycles. The van der Waals surface area contributed by atoms with E-state index in [0.29, 0.717) is 17.0 Å². The van der Waals surface area contributed by atoms with Crippen molar-refractivity contribution in [3.05, 3.63) is 69.7 Å². The Hall–Kier alpha value is -2.73. The Bertz CT molecular complexity index is 943. The molecule has 1 atom stereocenters. The zero-order valence-corrected chi connectivity index (χ0v) is 16.7. The number of hydrogen-bond donors (Lipinski definition) is 1. The number of benzene rings is 1. The van der Waals surface area contributed by atoms with Gasteiger partial charge in [0, 0.05) is 4.88 Å². The first-order valence-corrected chi connectivity index (χ1v) is 9.78. The monoisotopic (exact) mass is 381 g/mol. The van der Waals surface area contributed by atoms with E-state index in [0.717, 1.165) is 10.6 Å². The second kappa shape index (κ2) is 7.88. The number of thiophene rings is 1. The average Bonchev–Trinajstić information content (AvgIpc) is 3.27. The van der Waals surface area contributed by atoms with E-state index in [2.05, 4.69) is 10.4 Å². The van der Waals surface area contributed by atoms with E-state index >= 15 is 0 Å². The lowest BCUT2D eigenvalue weighted by Crippen LogP contribution is -2.36. The topological polar surface area (TPSA) is 64.0 Å². The van der Waals surface area contributed by atoms with Gasteiger partial charge in [-0.25, -0.2) is 4.68 Å². The molecule has 6 heteroatoms. The lowest BCUT2D eigenvalue weighted by molar-refractivity contribution is -0.118. The molecule has 1 N–H and O–H groups in total. The minimum absolute atomic E-state index is 0.176. The van der Waals surface area contributed by atoms with Gasteiger partial charge in [-0.3, -0.25) is 9.59 Å². The molecule has 1 aromatic carbocycles. The summed E-state index contributed by atoms with van der Waals surface area (Å²) in [7, 11) is 0. The maximum Gasteiger partial charge on any atom is 0.293 e. The number of para-hydroxylation sites is 1. The molecule has 3 aromatic rings. The molecule has 0 spiro atoms. The molecule has 3 rings (SSSR count). The van der Waals surface area contributed by atoms with Gasteiger partial charge in [-0.15, -0.1) is 11.3 Å². The molecule has 2 heterocycles. The summed E-state index contributed by atoms with van der Waals surface area (Å²) in [6, 6.07) is 13.3. The van der Waals surface area contributed by atoms with E-state index in [1.807, 2.05) is 68.6 Å². The largest absolute Gasteiger partial charge is 0.341 e. The molecule has 1 amide bonds. The number of aryl methyl sites for hydroxylation is 1. The van der Waals surface area contributed by atoms with Crippen molar-refractivity contribution in [1.29, 1.82) is 0 Å². The summed E-state index contributed by atoms with van der Waals surface area (Å²) >= 11 is 1.57. The number of nitrogens with one attached hydrogen (secondary N) is 1. The Labute approximate surface area is 163 Å². The van der Waals surface area contributed by atoms with Crippen molar-refractivity contribution in [2.24, 2.45) is 5.92 Å². The second-order valence-electron chi connectivity index (χ2n) is 6.83. The van der Waals surface area contributed by atoms with Gasteiger partial charge in [0.1, 0.15) is 0 Å². The van der Waals surface area contributed by atoms with Crippen LogP contribution in [0.5, 0.6) is 0 Å². The molecule has 0 aliphatic carbocycles. The SMILES string of the molecule is Cc1nn(-c2ccccc2)c(C)c1C(=O)C(=O)N[C@H](c1cccs1)C(C)C. The highest BCUT2D eigenvalue weighted by atomic mass is 32.1. The summed E-state index contributed by atoms with van der Waals surface area (Å²) in [5.41, 5.74) is 2.44. The fourth-order valence-corrected chi connectivity index (χ4v) is 4.10. The van der Waals surface area contributed by atoms with Gasteiger partial charge in [0.2, 0.25) is 0 Å². The van der Waals surface area contributed by atoms with Crippen LogP contribution >= 0.6 is 11.3 Å². The van der Waals surface area contributed by atoms with E-state index in [1.165, 1.54) is 0 Å². The first-order chi connectivity index (χ1) is 12.9. The standard InChI is InChI=1S/C21H23N3O2S/c1-13(2)19(17-11-8-12-27-17)22-21(26)20(25)18-14(3)23-24(15(18)4)16-9-6-5-7-10-16/h5-13,19H,1-4H3,(H,22,26)/t19-/m0/s1. The molecular weight excluding hydrogens is 358 g/mol. The van der Waals surface area contributed by atoms with Crippen molar-refractivity contribution in [3.63, 3.8) is 0 Å². The third-order valence-electron chi connectivity index (χ3n) is 4.53. The number of nitrogens with zero attached hydrogens (tertiary/aromatic N) is 2. The summed E-state index contributed by atoms with van der Waals surface area (Å²) in [5.74, 6) is -0.968. The summed E-state index contributed by atoms with van der Waals surface area (Å²) in [6.07, 6.45) is 0. The van der Waals surface area contributed by atoms with Crippen LogP contribution in [0, 0.1) is 19.8 Å². The molecule has 0 aliphatic heterocycles. The van der Waals surface area contributed by atoms with Crippen LogP contribution in [-0.4, -0.2) is 21.5 Å². The predicted octanol–water partition coefficient (Wildman–Crippen LogP) is 4.25. The van der Waals surface area contributed by atoms with E-state index in [-0.39, 0.29) is 12.0 Å². The van der Waals surface area contributed by atoms with Crippen molar-refractivity contribution in [2.75, 3.05) is 0 Å². The molecule has 0 saturated heterocycles. The number of carbonyl (C=O) groups is 2. The number of carbonyl (C=O) groups excluding carboxylic acids is 2. The fraction of sp³-hybridized carbons (Fsp3) is 0.286. The molecule has 0 unspecified atom stereocenters. The van der Waals surface area contributed by atoms with Crippen molar-refractivity contribution >= 4 is 23.0 Å². The van der Waals surface area contributed by atoms with Crippen LogP contribution < -0.4 is 5.32 Å². The molecule has 0 aliphatic rings. The van der Waals surface area contributed by atoms with E-state index in [4.69, 9.17) is 0 Å². The van der Waals surface area contributed by atoms with Crippen LogP contribution in [0.2, 0.25) is 0 Å². The van der Waals surface area contributed by atoms with Gasteiger partial charge >= 0.3 is 0 Å². The molecule has 27 heavy (non-hydrogen) atoms. The van der Waals surface area contributed by atoms with Gasteiger partial charge in [-0.05, 0) is 43.3 Å². The number of hydrogen-bond acceptors (Lipinski definition) is 4.